The van der Waals surface area contributed by atoms with E-state index < -0.39 is 0 Å². The van der Waals surface area contributed by atoms with Crippen LogP contribution in [0.1, 0.15) is 19.8 Å². The third-order valence-corrected chi connectivity index (χ3v) is 2.40. The van der Waals surface area contributed by atoms with Crippen molar-refractivity contribution in [2.24, 2.45) is 11.8 Å². The molecule has 0 aromatic rings. The zero-order chi connectivity index (χ0) is 7.56. The van der Waals surface area contributed by atoms with Crippen LogP contribution in [0, 0.1) is 11.8 Å². The van der Waals surface area contributed by atoms with Gasteiger partial charge in [0, 0.05) is 19.6 Å². The van der Waals surface area contributed by atoms with E-state index in [4.69, 9.17) is 9.84 Å². The van der Waals surface area contributed by atoms with Crippen LogP contribution in [0.3, 0.4) is 0 Å². The minimum absolute atomic E-state index is 0.281. The number of aliphatic hydroxyl groups is 1. The van der Waals surface area contributed by atoms with Gasteiger partial charge >= 0.3 is 0 Å². The van der Waals surface area contributed by atoms with Crippen LogP contribution in [-0.4, -0.2) is 24.9 Å². The lowest BCUT2D eigenvalue weighted by molar-refractivity contribution is 0.0457. The van der Waals surface area contributed by atoms with Crippen molar-refractivity contribution in [3.8, 4) is 0 Å². The average Bonchev–Trinajstić information content (AvgIpc) is 2.30. The largest absolute Gasteiger partial charge is 0.396 e. The van der Waals surface area contributed by atoms with E-state index in [1.54, 1.807) is 7.11 Å². The van der Waals surface area contributed by atoms with Crippen molar-refractivity contribution < 1.29 is 9.84 Å². The van der Waals surface area contributed by atoms with E-state index in [9.17, 15) is 0 Å². The molecule has 0 aliphatic heterocycles. The summed E-state index contributed by atoms with van der Waals surface area (Å²) in [5, 5.41) is 8.91. The molecule has 1 saturated carbocycles. The molecular formula is C8H16O2. The molecule has 0 aromatic carbocycles. The van der Waals surface area contributed by atoms with Crippen molar-refractivity contribution in [2.75, 3.05) is 13.7 Å². The van der Waals surface area contributed by atoms with Crippen LogP contribution in [0.4, 0.5) is 0 Å². The van der Waals surface area contributed by atoms with E-state index in [1.165, 1.54) is 0 Å². The summed E-state index contributed by atoms with van der Waals surface area (Å²) in [6.45, 7) is 2.49. The fraction of sp³-hybridized carbons (Fsp3) is 1.00. The molecule has 0 heterocycles. The monoisotopic (exact) mass is 144 g/mol. The highest BCUT2D eigenvalue weighted by Crippen LogP contribution is 2.31. The fourth-order valence-corrected chi connectivity index (χ4v) is 1.83. The summed E-state index contributed by atoms with van der Waals surface area (Å²) in [6, 6.07) is 0. The Morgan fingerprint density at radius 3 is 2.60 bits per heavy atom. The van der Waals surface area contributed by atoms with Crippen molar-refractivity contribution in [2.45, 2.75) is 25.9 Å². The summed E-state index contributed by atoms with van der Waals surface area (Å²) < 4.78 is 5.23. The maximum absolute atomic E-state index is 8.91. The van der Waals surface area contributed by atoms with Crippen LogP contribution in [-0.2, 0) is 4.74 Å². The number of ether oxygens (including phenoxy) is 1. The summed E-state index contributed by atoms with van der Waals surface area (Å²) in [7, 11) is 1.73. The maximum Gasteiger partial charge on any atom is 0.0624 e. The first-order valence-electron chi connectivity index (χ1n) is 3.91. The maximum atomic E-state index is 8.91. The molecule has 0 bridgehead atoms. The van der Waals surface area contributed by atoms with E-state index in [1.807, 2.05) is 0 Å². The third-order valence-electron chi connectivity index (χ3n) is 2.40. The van der Waals surface area contributed by atoms with Crippen molar-refractivity contribution in [1.82, 2.24) is 0 Å². The zero-order valence-corrected chi connectivity index (χ0v) is 6.71. The van der Waals surface area contributed by atoms with Gasteiger partial charge in [-0.15, -0.1) is 0 Å². The van der Waals surface area contributed by atoms with Gasteiger partial charge in [0.2, 0.25) is 0 Å². The van der Waals surface area contributed by atoms with Crippen LogP contribution in [0.15, 0.2) is 0 Å². The predicted octanol–water partition coefficient (Wildman–Crippen LogP) is 1.04. The minimum atomic E-state index is 0.281. The summed E-state index contributed by atoms with van der Waals surface area (Å²) in [5.41, 5.74) is 0. The molecule has 0 amide bonds. The predicted molar refractivity (Wildman–Crippen MR) is 39.8 cm³/mol. The summed E-state index contributed by atoms with van der Waals surface area (Å²) >= 11 is 0. The van der Waals surface area contributed by atoms with Crippen molar-refractivity contribution in [3.05, 3.63) is 0 Å². The van der Waals surface area contributed by atoms with Crippen LogP contribution < -0.4 is 0 Å². The molecule has 2 nitrogen and oxygen atoms in total. The Bertz CT molecular complexity index is 91.4. The molecule has 1 fully saturated rings. The molecule has 0 radical (unpaired) electrons. The summed E-state index contributed by atoms with van der Waals surface area (Å²) in [5.74, 6) is 1.11. The van der Waals surface area contributed by atoms with E-state index in [2.05, 4.69) is 6.92 Å². The average molecular weight is 144 g/mol. The van der Waals surface area contributed by atoms with Gasteiger partial charge < -0.3 is 9.84 Å². The molecule has 1 aliphatic rings. The van der Waals surface area contributed by atoms with Gasteiger partial charge in [-0.1, -0.05) is 6.92 Å². The molecule has 60 valence electrons. The smallest absolute Gasteiger partial charge is 0.0624 e. The Hall–Kier alpha value is -0.0800. The van der Waals surface area contributed by atoms with Gasteiger partial charge in [-0.2, -0.15) is 0 Å². The zero-order valence-electron chi connectivity index (χ0n) is 6.71. The number of aliphatic hydroxyl groups excluding tert-OH is 1. The first-order chi connectivity index (χ1) is 4.77. The molecule has 10 heavy (non-hydrogen) atoms. The Kier molecular flexibility index (Phi) is 2.69. The van der Waals surface area contributed by atoms with Crippen LogP contribution in [0.2, 0.25) is 0 Å². The highest BCUT2D eigenvalue weighted by Gasteiger charge is 2.30. The topological polar surface area (TPSA) is 29.5 Å². The molecule has 0 unspecified atom stereocenters. The molecule has 1 N–H and O–H groups in total. The van der Waals surface area contributed by atoms with Gasteiger partial charge in [0.05, 0.1) is 6.10 Å². The Balaban J connectivity index is 2.41. The van der Waals surface area contributed by atoms with Crippen molar-refractivity contribution in [3.63, 3.8) is 0 Å². The van der Waals surface area contributed by atoms with Crippen molar-refractivity contribution >= 4 is 0 Å². The highest BCUT2D eigenvalue weighted by molar-refractivity contribution is 4.81. The molecule has 0 aromatic heterocycles. The minimum Gasteiger partial charge on any atom is -0.396 e. The Morgan fingerprint density at radius 2 is 2.20 bits per heavy atom. The summed E-state index contributed by atoms with van der Waals surface area (Å²) in [4.78, 5) is 0. The van der Waals surface area contributed by atoms with Gasteiger partial charge in [-0.3, -0.25) is 0 Å². The summed E-state index contributed by atoms with van der Waals surface area (Å²) in [6.07, 6.45) is 2.54. The van der Waals surface area contributed by atoms with Gasteiger partial charge in [-0.25, -0.2) is 0 Å². The van der Waals surface area contributed by atoms with Gasteiger partial charge in [-0.05, 0) is 18.8 Å². The standard InChI is InChI=1S/C8H16O2/c1-6-3-7(5-9)8(4-6)10-2/h6-9H,3-5H2,1-2H3/t6-,7+,8+/m1/s1. The lowest BCUT2D eigenvalue weighted by Gasteiger charge is -2.14. The quantitative estimate of drug-likeness (QED) is 0.627. The van der Waals surface area contributed by atoms with E-state index >= 15 is 0 Å². The molecular weight excluding hydrogens is 128 g/mol. The molecule has 0 saturated heterocycles. The van der Waals surface area contributed by atoms with Crippen LogP contribution in [0.25, 0.3) is 0 Å². The fourth-order valence-electron chi connectivity index (χ4n) is 1.83. The van der Waals surface area contributed by atoms with E-state index in [0.717, 1.165) is 18.8 Å². The van der Waals surface area contributed by atoms with Gasteiger partial charge in [0.25, 0.3) is 0 Å². The Labute approximate surface area is 62.2 Å². The van der Waals surface area contributed by atoms with Crippen LogP contribution in [0.5, 0.6) is 0 Å². The second-order valence-electron chi connectivity index (χ2n) is 3.29. The first-order valence-corrected chi connectivity index (χ1v) is 3.91. The molecule has 1 aliphatic carbocycles. The van der Waals surface area contributed by atoms with Crippen molar-refractivity contribution in [1.29, 1.82) is 0 Å². The number of methoxy groups -OCH3 is 1. The number of hydrogen-bond donors (Lipinski definition) is 1. The molecule has 3 atom stereocenters. The lowest BCUT2D eigenvalue weighted by Crippen LogP contribution is -2.19. The van der Waals surface area contributed by atoms with E-state index in [0.29, 0.717) is 12.0 Å². The number of hydrogen-bond acceptors (Lipinski definition) is 2. The van der Waals surface area contributed by atoms with Gasteiger partial charge in [0.1, 0.15) is 0 Å². The highest BCUT2D eigenvalue weighted by atomic mass is 16.5. The lowest BCUT2D eigenvalue weighted by atomic mass is 10.1. The molecule has 1 rings (SSSR count). The van der Waals surface area contributed by atoms with E-state index in [-0.39, 0.29) is 6.61 Å². The third kappa shape index (κ3) is 1.50. The normalized spacial score (nSPS) is 40.5. The molecule has 0 spiro atoms. The SMILES string of the molecule is CO[C@H]1C[C@H](C)C[C@H]1CO. The van der Waals surface area contributed by atoms with Crippen LogP contribution >= 0.6 is 0 Å². The first kappa shape index (κ1) is 8.02. The second kappa shape index (κ2) is 3.35. The van der Waals surface area contributed by atoms with Gasteiger partial charge in [0.15, 0.2) is 0 Å². The second-order valence-corrected chi connectivity index (χ2v) is 3.29. The number of rotatable bonds is 2. The Morgan fingerprint density at radius 1 is 1.50 bits per heavy atom. The molecule has 2 heteroatoms.